The van der Waals surface area contributed by atoms with Crippen LogP contribution in [0.25, 0.3) is 27.8 Å². The van der Waals surface area contributed by atoms with E-state index in [1.54, 1.807) is 12.5 Å². The van der Waals surface area contributed by atoms with Crippen molar-refractivity contribution >= 4 is 32.8 Å². The van der Waals surface area contributed by atoms with Crippen LogP contribution in [0.4, 0.5) is 0 Å². The third-order valence-corrected chi connectivity index (χ3v) is 6.66. The number of fused-ring (bicyclic) bond motifs is 5. The summed E-state index contributed by atoms with van der Waals surface area (Å²) in [7, 11) is 0. The second-order valence-corrected chi connectivity index (χ2v) is 9.24. The molecule has 2 aromatic heterocycles. The molecule has 0 aliphatic heterocycles. The Morgan fingerprint density at radius 2 is 2.03 bits per heavy atom. The summed E-state index contributed by atoms with van der Waals surface area (Å²) in [6.45, 7) is 4.11. The molecule has 0 N–H and O–H groups in total. The van der Waals surface area contributed by atoms with E-state index < -0.39 is 5.60 Å². The van der Waals surface area contributed by atoms with E-state index in [0.29, 0.717) is 6.42 Å². The van der Waals surface area contributed by atoms with Crippen molar-refractivity contribution in [1.29, 1.82) is 0 Å². The molecule has 1 atom stereocenters. The highest BCUT2D eigenvalue weighted by molar-refractivity contribution is 9.10. The fourth-order valence-corrected chi connectivity index (χ4v) is 5.04. The Hall–Kier alpha value is -2.99. The molecule has 5 rings (SSSR count). The first kappa shape index (κ1) is 20.9. The molecule has 4 aromatic rings. The van der Waals surface area contributed by atoms with E-state index in [1.807, 2.05) is 42.0 Å². The van der Waals surface area contributed by atoms with Crippen LogP contribution in [0.1, 0.15) is 50.7 Å². The Kier molecular flexibility index (Phi) is 5.33. The van der Waals surface area contributed by atoms with Crippen molar-refractivity contribution < 1.29 is 9.53 Å². The molecular weight excluding hydrogens is 466 g/mol. The quantitative estimate of drug-likeness (QED) is 0.227. The van der Waals surface area contributed by atoms with Crippen LogP contribution in [0.5, 0.6) is 0 Å². The summed E-state index contributed by atoms with van der Waals surface area (Å²) >= 11 is 3.61. The van der Waals surface area contributed by atoms with E-state index in [2.05, 4.69) is 46.0 Å². The number of halogens is 1. The van der Waals surface area contributed by atoms with Crippen molar-refractivity contribution in [1.82, 2.24) is 14.5 Å². The smallest absolute Gasteiger partial charge is 0.307 e. The van der Waals surface area contributed by atoms with E-state index in [9.17, 15) is 4.79 Å². The van der Waals surface area contributed by atoms with E-state index in [0.717, 1.165) is 62.7 Å². The standard InChI is InChI=1S/C26H24BrN3O2/c1-3-4-5-10-22(31)32-26(2)20-9-7-6-8-18(20)23-19-15-17(27)11-12-21(19)29-25(24(23)26)30-14-13-28-16-30/h6-9,11-16H,3-5,10H2,1-2H3. The number of esters is 1. The van der Waals surface area contributed by atoms with Crippen molar-refractivity contribution in [3.8, 4) is 16.9 Å². The van der Waals surface area contributed by atoms with Crippen molar-refractivity contribution in [2.24, 2.45) is 0 Å². The van der Waals surface area contributed by atoms with Gasteiger partial charge in [-0.2, -0.15) is 0 Å². The van der Waals surface area contributed by atoms with E-state index in [-0.39, 0.29) is 5.97 Å². The van der Waals surface area contributed by atoms with Gasteiger partial charge in [0.15, 0.2) is 5.60 Å². The monoisotopic (exact) mass is 489 g/mol. The first-order valence-electron chi connectivity index (χ1n) is 11.0. The number of imidazole rings is 1. The predicted molar refractivity (Wildman–Crippen MR) is 129 cm³/mol. The Bertz CT molecular complexity index is 1320. The van der Waals surface area contributed by atoms with Gasteiger partial charge in [-0.15, -0.1) is 0 Å². The lowest BCUT2D eigenvalue weighted by Crippen LogP contribution is -2.30. The molecule has 0 fully saturated rings. The number of pyridine rings is 1. The number of carbonyl (C=O) groups is 1. The average Bonchev–Trinajstić information content (AvgIpc) is 3.40. The molecular formula is C26H24BrN3O2. The first-order valence-corrected chi connectivity index (χ1v) is 11.8. The van der Waals surface area contributed by atoms with Crippen LogP contribution in [-0.2, 0) is 15.1 Å². The number of nitrogens with zero attached hydrogens (tertiary/aromatic N) is 3. The van der Waals surface area contributed by atoms with Crippen LogP contribution < -0.4 is 0 Å². The molecule has 1 aliphatic carbocycles. The Morgan fingerprint density at radius 1 is 1.19 bits per heavy atom. The molecule has 0 radical (unpaired) electrons. The molecule has 1 unspecified atom stereocenters. The van der Waals surface area contributed by atoms with Gasteiger partial charge < -0.3 is 4.74 Å². The zero-order valence-electron chi connectivity index (χ0n) is 18.1. The van der Waals surface area contributed by atoms with Gasteiger partial charge in [0.25, 0.3) is 0 Å². The van der Waals surface area contributed by atoms with Crippen LogP contribution in [0, 0.1) is 0 Å². The van der Waals surface area contributed by atoms with Crippen LogP contribution in [0.2, 0.25) is 0 Å². The maximum atomic E-state index is 12.9. The van der Waals surface area contributed by atoms with Gasteiger partial charge in [-0.3, -0.25) is 9.36 Å². The van der Waals surface area contributed by atoms with Crippen molar-refractivity contribution in [3.63, 3.8) is 0 Å². The second kappa shape index (κ2) is 8.17. The molecule has 1 aliphatic rings. The Balaban J connectivity index is 1.78. The number of aromatic nitrogens is 3. The minimum atomic E-state index is -0.946. The predicted octanol–water partition coefficient (Wildman–Crippen LogP) is 6.55. The highest BCUT2D eigenvalue weighted by Gasteiger charge is 2.46. The summed E-state index contributed by atoms with van der Waals surface area (Å²) in [5, 5.41) is 1.02. The molecule has 6 heteroatoms. The van der Waals surface area contributed by atoms with Crippen LogP contribution >= 0.6 is 15.9 Å². The van der Waals surface area contributed by atoms with E-state index in [1.165, 1.54) is 0 Å². The summed E-state index contributed by atoms with van der Waals surface area (Å²) in [5.74, 6) is 0.543. The van der Waals surface area contributed by atoms with Gasteiger partial charge in [-0.05, 0) is 37.1 Å². The number of hydrogen-bond acceptors (Lipinski definition) is 4. The van der Waals surface area contributed by atoms with Crippen molar-refractivity contribution in [2.45, 2.75) is 45.1 Å². The van der Waals surface area contributed by atoms with Crippen LogP contribution in [0.15, 0.2) is 65.7 Å². The lowest BCUT2D eigenvalue weighted by molar-refractivity contribution is -0.155. The number of ether oxygens (including phenoxy) is 1. The molecule has 0 amide bonds. The molecule has 162 valence electrons. The highest BCUT2D eigenvalue weighted by Crippen LogP contribution is 2.54. The third-order valence-electron chi connectivity index (χ3n) is 6.17. The highest BCUT2D eigenvalue weighted by atomic mass is 79.9. The van der Waals surface area contributed by atoms with Gasteiger partial charge in [0.1, 0.15) is 12.1 Å². The van der Waals surface area contributed by atoms with Crippen LogP contribution in [-0.4, -0.2) is 20.5 Å². The number of benzene rings is 2. The average molecular weight is 490 g/mol. The van der Waals surface area contributed by atoms with Gasteiger partial charge in [0, 0.05) is 39.8 Å². The zero-order chi connectivity index (χ0) is 22.3. The zero-order valence-corrected chi connectivity index (χ0v) is 19.7. The van der Waals surface area contributed by atoms with Crippen molar-refractivity contribution in [2.75, 3.05) is 0 Å². The molecule has 5 nitrogen and oxygen atoms in total. The van der Waals surface area contributed by atoms with Gasteiger partial charge >= 0.3 is 5.97 Å². The largest absolute Gasteiger partial charge is 0.449 e. The molecule has 2 heterocycles. The number of rotatable bonds is 6. The molecule has 0 saturated carbocycles. The lowest BCUT2D eigenvalue weighted by Gasteiger charge is -2.29. The summed E-state index contributed by atoms with van der Waals surface area (Å²) in [6, 6.07) is 14.3. The van der Waals surface area contributed by atoms with E-state index >= 15 is 0 Å². The molecule has 0 saturated heterocycles. The number of unbranched alkanes of at least 4 members (excludes halogenated alkanes) is 2. The maximum absolute atomic E-state index is 12.9. The molecule has 32 heavy (non-hydrogen) atoms. The normalized spacial score (nSPS) is 16.7. The number of carbonyl (C=O) groups excluding carboxylic acids is 1. The second-order valence-electron chi connectivity index (χ2n) is 8.33. The molecule has 0 bridgehead atoms. The van der Waals surface area contributed by atoms with Gasteiger partial charge in [-0.25, -0.2) is 9.97 Å². The summed E-state index contributed by atoms with van der Waals surface area (Å²) in [6.07, 6.45) is 8.66. The van der Waals surface area contributed by atoms with Crippen LogP contribution in [0.3, 0.4) is 0 Å². The van der Waals surface area contributed by atoms with Crippen molar-refractivity contribution in [3.05, 3.63) is 76.8 Å². The van der Waals surface area contributed by atoms with Gasteiger partial charge in [-0.1, -0.05) is 60.0 Å². The number of hydrogen-bond donors (Lipinski definition) is 0. The molecule has 0 spiro atoms. The summed E-state index contributed by atoms with van der Waals surface area (Å²) in [5.41, 5.74) is 3.93. The summed E-state index contributed by atoms with van der Waals surface area (Å²) < 4.78 is 9.17. The fraction of sp³-hybridized carbons (Fsp3) is 0.269. The Labute approximate surface area is 195 Å². The van der Waals surface area contributed by atoms with Gasteiger partial charge in [0.05, 0.1) is 11.1 Å². The topological polar surface area (TPSA) is 57.0 Å². The summed E-state index contributed by atoms with van der Waals surface area (Å²) in [4.78, 5) is 22.2. The maximum Gasteiger partial charge on any atom is 0.307 e. The molecule has 2 aromatic carbocycles. The minimum absolute atomic E-state index is 0.186. The first-order chi connectivity index (χ1) is 15.5. The third kappa shape index (κ3) is 3.34. The minimum Gasteiger partial charge on any atom is -0.449 e. The lowest BCUT2D eigenvalue weighted by atomic mass is 9.92. The fourth-order valence-electron chi connectivity index (χ4n) is 4.68. The SMILES string of the molecule is CCCCCC(=O)OC1(C)c2ccccc2-c2c1c(-n1ccnc1)nc1ccc(Br)cc21. The Morgan fingerprint density at radius 3 is 2.81 bits per heavy atom. The van der Waals surface area contributed by atoms with E-state index in [4.69, 9.17) is 9.72 Å². The van der Waals surface area contributed by atoms with Gasteiger partial charge in [0.2, 0.25) is 0 Å².